The van der Waals surface area contributed by atoms with Crippen LogP contribution < -0.4 is 4.74 Å². The number of methoxy groups -OCH3 is 1. The fourth-order valence-corrected chi connectivity index (χ4v) is 3.69. The first-order valence-electron chi connectivity index (χ1n) is 9.11. The van der Waals surface area contributed by atoms with Crippen LogP contribution in [0.2, 0.25) is 0 Å². The predicted octanol–water partition coefficient (Wildman–Crippen LogP) is 3.34. The van der Waals surface area contributed by atoms with Gasteiger partial charge in [0.2, 0.25) is 0 Å². The van der Waals surface area contributed by atoms with Crippen LogP contribution in [0, 0.1) is 0 Å². The van der Waals surface area contributed by atoms with Gasteiger partial charge < -0.3 is 14.5 Å². The molecular weight excluding hydrogens is 300 g/mol. The molecular formula is C20H28N2O2. The normalized spacial score (nSPS) is 22.2. The Kier molecular flexibility index (Phi) is 5.91. The van der Waals surface area contributed by atoms with Crippen LogP contribution in [-0.4, -0.2) is 54.9 Å². The largest absolute Gasteiger partial charge is 0.497 e. The number of ether oxygens (including phenoxy) is 1. The second-order valence-corrected chi connectivity index (χ2v) is 6.80. The van der Waals surface area contributed by atoms with Crippen LogP contribution in [-0.2, 0) is 0 Å². The number of ketones is 1. The summed E-state index contributed by atoms with van der Waals surface area (Å²) in [5, 5.41) is 0. The Bertz CT molecular complexity index is 562. The van der Waals surface area contributed by atoms with E-state index in [-0.39, 0.29) is 5.78 Å². The topological polar surface area (TPSA) is 32.8 Å². The van der Waals surface area contributed by atoms with Crippen molar-refractivity contribution in [3.05, 3.63) is 42.1 Å². The fraction of sp³-hybridized carbons (Fsp3) is 0.550. The Morgan fingerprint density at radius 3 is 2.54 bits per heavy atom. The molecule has 1 atom stereocenters. The van der Waals surface area contributed by atoms with Crippen molar-refractivity contribution < 1.29 is 9.53 Å². The summed E-state index contributed by atoms with van der Waals surface area (Å²) in [7, 11) is 1.63. The summed E-state index contributed by atoms with van der Waals surface area (Å²) in [4.78, 5) is 17.3. The molecule has 3 rings (SSSR count). The van der Waals surface area contributed by atoms with E-state index in [2.05, 4.69) is 9.80 Å². The number of likely N-dealkylation sites (tertiary alicyclic amines) is 2. The monoisotopic (exact) mass is 328 g/mol. The highest BCUT2D eigenvalue weighted by Crippen LogP contribution is 2.20. The van der Waals surface area contributed by atoms with Gasteiger partial charge in [0.05, 0.1) is 7.11 Å². The average Bonchev–Trinajstić information content (AvgIpc) is 3.14. The van der Waals surface area contributed by atoms with E-state index >= 15 is 0 Å². The minimum Gasteiger partial charge on any atom is -0.497 e. The van der Waals surface area contributed by atoms with E-state index < -0.39 is 0 Å². The standard InChI is InChI=1S/C20H28N2O2/c1-24-19-9-7-17(8-10-19)20(23)11-15-22-14-3-2-6-18(22)16-21-12-4-5-13-21/h7-11,15,18H,2-6,12-14,16H2,1H3/b15-11+. The molecule has 4 heteroatoms. The lowest BCUT2D eigenvalue weighted by Gasteiger charge is -2.37. The molecule has 2 aliphatic heterocycles. The summed E-state index contributed by atoms with van der Waals surface area (Å²) >= 11 is 0. The minimum absolute atomic E-state index is 0.0585. The number of nitrogens with zero attached hydrogens (tertiary/aromatic N) is 2. The van der Waals surface area contributed by atoms with Crippen LogP contribution in [0.15, 0.2) is 36.5 Å². The van der Waals surface area contributed by atoms with E-state index in [1.165, 1.54) is 45.2 Å². The van der Waals surface area contributed by atoms with Crippen molar-refractivity contribution in [2.45, 2.75) is 38.1 Å². The highest BCUT2D eigenvalue weighted by Gasteiger charge is 2.23. The molecule has 0 bridgehead atoms. The van der Waals surface area contributed by atoms with Gasteiger partial charge in [-0.2, -0.15) is 0 Å². The second-order valence-electron chi connectivity index (χ2n) is 6.80. The van der Waals surface area contributed by atoms with Crippen LogP contribution in [0.1, 0.15) is 42.5 Å². The lowest BCUT2D eigenvalue weighted by molar-refractivity contribution is 0.104. The zero-order valence-corrected chi connectivity index (χ0v) is 14.6. The summed E-state index contributed by atoms with van der Waals surface area (Å²) in [6, 6.07) is 7.86. The number of hydrogen-bond donors (Lipinski definition) is 0. The third kappa shape index (κ3) is 4.38. The second kappa shape index (κ2) is 8.34. The number of allylic oxidation sites excluding steroid dienone is 1. The highest BCUT2D eigenvalue weighted by molar-refractivity contribution is 6.04. The molecule has 4 nitrogen and oxygen atoms in total. The molecule has 1 aromatic rings. The van der Waals surface area contributed by atoms with Crippen molar-refractivity contribution in [3.63, 3.8) is 0 Å². The molecule has 0 radical (unpaired) electrons. The summed E-state index contributed by atoms with van der Waals surface area (Å²) in [5.74, 6) is 0.834. The summed E-state index contributed by atoms with van der Waals surface area (Å²) in [5.41, 5.74) is 0.708. The van der Waals surface area contributed by atoms with Gasteiger partial charge in [0.15, 0.2) is 5.78 Å². The Hall–Kier alpha value is -1.81. The first-order chi connectivity index (χ1) is 11.8. The third-order valence-electron chi connectivity index (χ3n) is 5.13. The minimum atomic E-state index is 0.0585. The maximum Gasteiger partial charge on any atom is 0.187 e. The number of hydrogen-bond acceptors (Lipinski definition) is 4. The van der Waals surface area contributed by atoms with Crippen molar-refractivity contribution in [3.8, 4) is 5.75 Å². The quantitative estimate of drug-likeness (QED) is 0.592. The third-order valence-corrected chi connectivity index (χ3v) is 5.13. The zero-order valence-electron chi connectivity index (χ0n) is 14.6. The van der Waals surface area contributed by atoms with Gasteiger partial charge >= 0.3 is 0 Å². The van der Waals surface area contributed by atoms with E-state index in [0.29, 0.717) is 11.6 Å². The van der Waals surface area contributed by atoms with Gasteiger partial charge in [0.1, 0.15) is 5.75 Å². The van der Waals surface area contributed by atoms with E-state index in [9.17, 15) is 4.79 Å². The molecule has 24 heavy (non-hydrogen) atoms. The molecule has 2 aliphatic rings. The van der Waals surface area contributed by atoms with Gasteiger partial charge in [-0.1, -0.05) is 0 Å². The Morgan fingerprint density at radius 2 is 1.83 bits per heavy atom. The lowest BCUT2D eigenvalue weighted by Crippen LogP contribution is -2.43. The molecule has 0 amide bonds. The van der Waals surface area contributed by atoms with Crippen LogP contribution >= 0.6 is 0 Å². The van der Waals surface area contributed by atoms with Crippen molar-refractivity contribution in [2.75, 3.05) is 33.3 Å². The van der Waals surface area contributed by atoms with E-state index in [0.717, 1.165) is 18.8 Å². The van der Waals surface area contributed by atoms with Crippen LogP contribution in [0.25, 0.3) is 0 Å². The average molecular weight is 328 g/mol. The Morgan fingerprint density at radius 1 is 1.12 bits per heavy atom. The molecule has 1 aromatic carbocycles. The smallest absolute Gasteiger partial charge is 0.187 e. The number of carbonyl (C=O) groups excluding carboxylic acids is 1. The predicted molar refractivity (Wildman–Crippen MR) is 96.5 cm³/mol. The number of benzene rings is 1. The zero-order chi connectivity index (χ0) is 16.8. The van der Waals surface area contributed by atoms with Crippen LogP contribution in [0.5, 0.6) is 5.75 Å². The maximum atomic E-state index is 12.4. The van der Waals surface area contributed by atoms with Crippen molar-refractivity contribution >= 4 is 5.78 Å². The van der Waals surface area contributed by atoms with Crippen molar-refractivity contribution in [1.82, 2.24) is 9.80 Å². The van der Waals surface area contributed by atoms with E-state index in [1.807, 2.05) is 30.5 Å². The lowest BCUT2D eigenvalue weighted by atomic mass is 10.0. The first kappa shape index (κ1) is 17.0. The molecule has 2 saturated heterocycles. The molecule has 0 saturated carbocycles. The van der Waals surface area contributed by atoms with Crippen molar-refractivity contribution in [1.29, 1.82) is 0 Å². The first-order valence-corrected chi connectivity index (χ1v) is 9.11. The maximum absolute atomic E-state index is 12.4. The summed E-state index contributed by atoms with van der Waals surface area (Å²) in [6.45, 7) is 4.67. The van der Waals surface area contributed by atoms with E-state index in [1.54, 1.807) is 13.2 Å². The van der Waals surface area contributed by atoms with Crippen LogP contribution in [0.3, 0.4) is 0 Å². The number of carbonyl (C=O) groups is 1. The molecule has 0 N–H and O–H groups in total. The Balaban J connectivity index is 1.60. The van der Waals surface area contributed by atoms with Crippen LogP contribution in [0.4, 0.5) is 0 Å². The molecule has 130 valence electrons. The van der Waals surface area contributed by atoms with Gasteiger partial charge in [-0.15, -0.1) is 0 Å². The fourth-order valence-electron chi connectivity index (χ4n) is 3.69. The highest BCUT2D eigenvalue weighted by atomic mass is 16.5. The number of piperidine rings is 1. The molecule has 2 fully saturated rings. The van der Waals surface area contributed by atoms with Gasteiger partial charge in [-0.25, -0.2) is 0 Å². The van der Waals surface area contributed by atoms with E-state index in [4.69, 9.17) is 4.74 Å². The van der Waals surface area contributed by atoms with Crippen molar-refractivity contribution in [2.24, 2.45) is 0 Å². The molecule has 0 spiro atoms. The molecule has 2 heterocycles. The SMILES string of the molecule is COc1ccc(C(=O)/C=C/N2CCCCC2CN2CCCC2)cc1. The number of rotatable bonds is 6. The Labute approximate surface area is 145 Å². The summed E-state index contributed by atoms with van der Waals surface area (Å²) in [6.07, 6.45) is 10.2. The molecule has 0 aromatic heterocycles. The van der Waals surface area contributed by atoms with Gasteiger partial charge in [0, 0.05) is 37.0 Å². The van der Waals surface area contributed by atoms with Gasteiger partial charge in [0.25, 0.3) is 0 Å². The summed E-state index contributed by atoms with van der Waals surface area (Å²) < 4.78 is 5.14. The van der Waals surface area contributed by atoms with Gasteiger partial charge in [-0.3, -0.25) is 4.79 Å². The molecule has 1 unspecified atom stereocenters. The van der Waals surface area contributed by atoms with Gasteiger partial charge in [-0.05, 0) is 69.5 Å². The molecule has 0 aliphatic carbocycles.